The molecular formula is C12H10O2. The largest absolute Gasteiger partial charge is 0.466 e. The highest BCUT2D eigenvalue weighted by molar-refractivity contribution is 5.86. The van der Waals surface area contributed by atoms with Crippen LogP contribution >= 0.6 is 0 Å². The van der Waals surface area contributed by atoms with E-state index >= 15 is 0 Å². The first-order valence-corrected chi connectivity index (χ1v) is 4.09. The van der Waals surface area contributed by atoms with Gasteiger partial charge in [-0.15, -0.1) is 6.42 Å². The van der Waals surface area contributed by atoms with Crippen molar-refractivity contribution >= 4 is 12.0 Å². The van der Waals surface area contributed by atoms with Crippen molar-refractivity contribution < 1.29 is 9.53 Å². The van der Waals surface area contributed by atoms with Crippen LogP contribution < -0.4 is 0 Å². The molecule has 0 aliphatic heterocycles. The van der Waals surface area contributed by atoms with Crippen molar-refractivity contribution in [2.24, 2.45) is 0 Å². The maximum absolute atomic E-state index is 10.8. The molecule has 0 radical (unpaired) electrons. The Kier molecular flexibility index (Phi) is 3.51. The number of ether oxygens (including phenoxy) is 1. The number of hydrogen-bond donors (Lipinski definition) is 0. The molecule has 0 aliphatic rings. The van der Waals surface area contributed by atoms with Gasteiger partial charge in [0.25, 0.3) is 0 Å². The molecular weight excluding hydrogens is 176 g/mol. The number of carbonyl (C=O) groups excluding carboxylic acids is 1. The maximum atomic E-state index is 10.8. The molecule has 0 heterocycles. The second-order valence-electron chi connectivity index (χ2n) is 2.62. The lowest BCUT2D eigenvalue weighted by Gasteiger charge is -1.93. The van der Waals surface area contributed by atoms with E-state index in [0.717, 1.165) is 11.1 Å². The topological polar surface area (TPSA) is 26.3 Å². The Bertz CT molecular complexity index is 380. The molecule has 1 aromatic carbocycles. The van der Waals surface area contributed by atoms with Gasteiger partial charge in [0.2, 0.25) is 0 Å². The molecule has 0 saturated heterocycles. The second kappa shape index (κ2) is 4.88. The van der Waals surface area contributed by atoms with Gasteiger partial charge < -0.3 is 4.74 Å². The summed E-state index contributed by atoms with van der Waals surface area (Å²) in [5, 5.41) is 0. The van der Waals surface area contributed by atoms with Gasteiger partial charge in [-0.3, -0.25) is 0 Å². The fraction of sp³-hybridized carbons (Fsp3) is 0.0833. The fourth-order valence-electron chi connectivity index (χ4n) is 0.923. The average Bonchev–Trinajstić information content (AvgIpc) is 2.26. The Balaban J connectivity index is 2.74. The van der Waals surface area contributed by atoms with Gasteiger partial charge in [0, 0.05) is 11.6 Å². The zero-order valence-corrected chi connectivity index (χ0v) is 7.86. The summed E-state index contributed by atoms with van der Waals surface area (Å²) in [5.41, 5.74) is 1.73. The molecule has 1 aromatic rings. The molecule has 0 N–H and O–H groups in total. The van der Waals surface area contributed by atoms with Crippen LogP contribution in [0.15, 0.2) is 30.3 Å². The molecule has 0 fully saturated rings. The number of rotatable bonds is 2. The summed E-state index contributed by atoms with van der Waals surface area (Å²) in [4.78, 5) is 10.8. The van der Waals surface area contributed by atoms with Crippen molar-refractivity contribution in [1.29, 1.82) is 0 Å². The molecule has 2 nitrogen and oxygen atoms in total. The smallest absolute Gasteiger partial charge is 0.330 e. The molecule has 0 aromatic heterocycles. The summed E-state index contributed by atoms with van der Waals surface area (Å²) in [5.74, 6) is 2.15. The number of benzene rings is 1. The Morgan fingerprint density at radius 2 is 2.07 bits per heavy atom. The lowest BCUT2D eigenvalue weighted by Crippen LogP contribution is -1.93. The van der Waals surface area contributed by atoms with Crippen LogP contribution in [-0.4, -0.2) is 13.1 Å². The van der Waals surface area contributed by atoms with E-state index in [2.05, 4.69) is 10.7 Å². The molecule has 0 amide bonds. The first kappa shape index (κ1) is 10.1. The molecule has 0 saturated carbocycles. The number of hydrogen-bond acceptors (Lipinski definition) is 2. The SMILES string of the molecule is C#Cc1ccc(C=CC(=O)OC)cc1. The lowest BCUT2D eigenvalue weighted by atomic mass is 10.1. The minimum Gasteiger partial charge on any atom is -0.466 e. The molecule has 0 spiro atoms. The summed E-state index contributed by atoms with van der Waals surface area (Å²) in [7, 11) is 1.34. The van der Waals surface area contributed by atoms with E-state index in [-0.39, 0.29) is 5.97 Å². The van der Waals surface area contributed by atoms with Crippen LogP contribution in [0.25, 0.3) is 6.08 Å². The van der Waals surface area contributed by atoms with Gasteiger partial charge in [0.05, 0.1) is 7.11 Å². The summed E-state index contributed by atoms with van der Waals surface area (Å²) in [6, 6.07) is 7.32. The minimum atomic E-state index is -0.369. The summed E-state index contributed by atoms with van der Waals surface area (Å²) >= 11 is 0. The van der Waals surface area contributed by atoms with E-state index in [1.165, 1.54) is 13.2 Å². The highest BCUT2D eigenvalue weighted by Gasteiger charge is 1.91. The van der Waals surface area contributed by atoms with E-state index in [1.807, 2.05) is 24.3 Å². The number of methoxy groups -OCH3 is 1. The molecule has 1 rings (SSSR count). The summed E-state index contributed by atoms with van der Waals surface area (Å²) in [6.07, 6.45) is 8.24. The third-order valence-corrected chi connectivity index (χ3v) is 1.69. The van der Waals surface area contributed by atoms with Crippen LogP contribution in [-0.2, 0) is 9.53 Å². The van der Waals surface area contributed by atoms with Crippen LogP contribution in [0, 0.1) is 12.3 Å². The third kappa shape index (κ3) is 2.80. The van der Waals surface area contributed by atoms with Crippen LogP contribution in [0.2, 0.25) is 0 Å². The fourth-order valence-corrected chi connectivity index (χ4v) is 0.923. The van der Waals surface area contributed by atoms with Gasteiger partial charge >= 0.3 is 5.97 Å². The van der Waals surface area contributed by atoms with Crippen LogP contribution in [0.3, 0.4) is 0 Å². The van der Waals surface area contributed by atoms with Crippen molar-refractivity contribution in [2.45, 2.75) is 0 Å². The Hall–Kier alpha value is -2.01. The monoisotopic (exact) mass is 186 g/mol. The normalized spacial score (nSPS) is 9.71. The predicted molar refractivity (Wildman–Crippen MR) is 55.4 cm³/mol. The van der Waals surface area contributed by atoms with E-state index in [4.69, 9.17) is 6.42 Å². The quantitative estimate of drug-likeness (QED) is 0.400. The molecule has 0 aliphatic carbocycles. The Morgan fingerprint density at radius 1 is 1.43 bits per heavy atom. The standard InChI is InChI=1S/C12H10O2/c1-3-10-4-6-11(7-5-10)8-9-12(13)14-2/h1,4-9H,2H3. The molecule has 0 unspecified atom stereocenters. The van der Waals surface area contributed by atoms with Crippen molar-refractivity contribution in [3.8, 4) is 12.3 Å². The number of esters is 1. The van der Waals surface area contributed by atoms with Crippen molar-refractivity contribution in [2.75, 3.05) is 7.11 Å². The minimum absolute atomic E-state index is 0.369. The predicted octanol–water partition coefficient (Wildman–Crippen LogP) is 1.85. The van der Waals surface area contributed by atoms with Crippen LogP contribution in [0.5, 0.6) is 0 Å². The first-order valence-electron chi connectivity index (χ1n) is 4.09. The third-order valence-electron chi connectivity index (χ3n) is 1.69. The molecule has 2 heteroatoms. The Morgan fingerprint density at radius 3 is 2.57 bits per heavy atom. The van der Waals surface area contributed by atoms with Crippen molar-refractivity contribution in [1.82, 2.24) is 0 Å². The first-order chi connectivity index (χ1) is 6.76. The molecule has 0 atom stereocenters. The van der Waals surface area contributed by atoms with Gasteiger partial charge in [-0.05, 0) is 23.8 Å². The maximum Gasteiger partial charge on any atom is 0.330 e. The van der Waals surface area contributed by atoms with Crippen LogP contribution in [0.4, 0.5) is 0 Å². The van der Waals surface area contributed by atoms with E-state index in [0.29, 0.717) is 0 Å². The second-order valence-corrected chi connectivity index (χ2v) is 2.62. The van der Waals surface area contributed by atoms with E-state index in [9.17, 15) is 4.79 Å². The zero-order chi connectivity index (χ0) is 10.4. The van der Waals surface area contributed by atoms with Gasteiger partial charge in [-0.2, -0.15) is 0 Å². The van der Waals surface area contributed by atoms with E-state index < -0.39 is 0 Å². The van der Waals surface area contributed by atoms with E-state index in [1.54, 1.807) is 6.08 Å². The van der Waals surface area contributed by atoms with Crippen LogP contribution in [0.1, 0.15) is 11.1 Å². The number of carbonyl (C=O) groups is 1. The lowest BCUT2D eigenvalue weighted by molar-refractivity contribution is -0.134. The number of terminal acetylenes is 1. The van der Waals surface area contributed by atoms with Gasteiger partial charge in [-0.1, -0.05) is 18.1 Å². The summed E-state index contributed by atoms with van der Waals surface area (Å²) in [6.45, 7) is 0. The van der Waals surface area contributed by atoms with Gasteiger partial charge in [-0.25, -0.2) is 4.79 Å². The van der Waals surface area contributed by atoms with Gasteiger partial charge in [0.1, 0.15) is 0 Å². The van der Waals surface area contributed by atoms with Crippen molar-refractivity contribution in [3.63, 3.8) is 0 Å². The summed E-state index contributed by atoms with van der Waals surface area (Å²) < 4.78 is 4.46. The zero-order valence-electron chi connectivity index (χ0n) is 7.86. The molecule has 0 bridgehead atoms. The molecule has 70 valence electrons. The highest BCUT2D eigenvalue weighted by atomic mass is 16.5. The van der Waals surface area contributed by atoms with Gasteiger partial charge in [0.15, 0.2) is 0 Å². The van der Waals surface area contributed by atoms with Crippen molar-refractivity contribution in [3.05, 3.63) is 41.5 Å². The average molecular weight is 186 g/mol. The molecule has 14 heavy (non-hydrogen) atoms. The highest BCUT2D eigenvalue weighted by Crippen LogP contribution is 2.04. The Labute approximate surface area is 83.2 Å².